The predicted octanol–water partition coefficient (Wildman–Crippen LogP) is 2.80. The maximum Gasteiger partial charge on any atom is 0.330 e. The number of imidazole rings is 1. The van der Waals surface area contributed by atoms with E-state index >= 15 is 0 Å². The Hall–Kier alpha value is -2.89. The SMILES string of the molecule is CC(C)(C)CC(=O)NCCn1c(=O)n(Cc2ccccc2)c2cccnc21. The summed E-state index contributed by atoms with van der Waals surface area (Å²) < 4.78 is 3.37. The molecule has 6 nitrogen and oxygen atoms in total. The molecule has 2 heterocycles. The number of hydrogen-bond acceptors (Lipinski definition) is 3. The van der Waals surface area contributed by atoms with Gasteiger partial charge in [-0.05, 0) is 23.1 Å². The van der Waals surface area contributed by atoms with Gasteiger partial charge in [0.2, 0.25) is 5.91 Å². The molecule has 1 N–H and O–H groups in total. The van der Waals surface area contributed by atoms with E-state index in [4.69, 9.17) is 0 Å². The summed E-state index contributed by atoms with van der Waals surface area (Å²) in [4.78, 5) is 29.4. The molecule has 1 aromatic carbocycles. The van der Waals surface area contributed by atoms with Crippen LogP contribution in [0.15, 0.2) is 53.5 Å². The van der Waals surface area contributed by atoms with Gasteiger partial charge in [0, 0.05) is 25.7 Å². The summed E-state index contributed by atoms with van der Waals surface area (Å²) in [5.74, 6) is -0.00321. The Morgan fingerprint density at radius 1 is 1.07 bits per heavy atom. The van der Waals surface area contributed by atoms with E-state index in [1.807, 2.05) is 63.2 Å². The minimum Gasteiger partial charge on any atom is -0.354 e. The molecule has 0 saturated carbocycles. The van der Waals surface area contributed by atoms with Gasteiger partial charge >= 0.3 is 5.69 Å². The molecule has 0 aliphatic heterocycles. The van der Waals surface area contributed by atoms with Crippen LogP contribution in [0, 0.1) is 5.41 Å². The van der Waals surface area contributed by atoms with Gasteiger partial charge in [-0.15, -0.1) is 0 Å². The summed E-state index contributed by atoms with van der Waals surface area (Å²) in [6, 6.07) is 13.6. The lowest BCUT2D eigenvalue weighted by Gasteiger charge is -2.17. The number of fused-ring (bicyclic) bond motifs is 1. The van der Waals surface area contributed by atoms with E-state index in [0.29, 0.717) is 31.7 Å². The lowest BCUT2D eigenvalue weighted by Crippen LogP contribution is -2.33. The zero-order chi connectivity index (χ0) is 19.4. The second-order valence-corrected chi connectivity index (χ2v) is 7.94. The molecule has 3 aromatic rings. The number of aromatic nitrogens is 3. The number of hydrogen-bond donors (Lipinski definition) is 1. The number of nitrogens with zero attached hydrogens (tertiary/aromatic N) is 3. The largest absolute Gasteiger partial charge is 0.354 e. The monoisotopic (exact) mass is 366 g/mol. The number of pyridine rings is 1. The second kappa shape index (κ2) is 7.78. The zero-order valence-electron chi connectivity index (χ0n) is 16.1. The molecule has 0 radical (unpaired) electrons. The third-order valence-electron chi connectivity index (χ3n) is 4.31. The fourth-order valence-corrected chi connectivity index (χ4v) is 3.12. The maximum atomic E-state index is 13.0. The van der Waals surface area contributed by atoms with E-state index < -0.39 is 0 Å². The molecule has 0 aliphatic carbocycles. The molecule has 1 amide bonds. The average Bonchev–Trinajstić information content (AvgIpc) is 2.87. The van der Waals surface area contributed by atoms with Crippen LogP contribution in [-0.4, -0.2) is 26.6 Å². The first-order valence-electron chi connectivity index (χ1n) is 9.20. The van der Waals surface area contributed by atoms with Crippen molar-refractivity contribution in [2.45, 2.75) is 40.3 Å². The average molecular weight is 366 g/mol. The first-order chi connectivity index (χ1) is 12.8. The predicted molar refractivity (Wildman–Crippen MR) is 107 cm³/mol. The van der Waals surface area contributed by atoms with E-state index in [-0.39, 0.29) is 17.0 Å². The van der Waals surface area contributed by atoms with E-state index in [0.717, 1.165) is 11.1 Å². The third-order valence-corrected chi connectivity index (χ3v) is 4.31. The number of benzene rings is 1. The van der Waals surface area contributed by atoms with Crippen LogP contribution in [0.4, 0.5) is 0 Å². The molecule has 6 heteroatoms. The van der Waals surface area contributed by atoms with Crippen LogP contribution in [0.25, 0.3) is 11.2 Å². The van der Waals surface area contributed by atoms with Gasteiger partial charge in [-0.3, -0.25) is 13.9 Å². The van der Waals surface area contributed by atoms with Gasteiger partial charge in [0.25, 0.3) is 0 Å². The van der Waals surface area contributed by atoms with Crippen molar-refractivity contribution in [3.63, 3.8) is 0 Å². The van der Waals surface area contributed by atoms with Crippen molar-refractivity contribution in [2.75, 3.05) is 6.54 Å². The fourth-order valence-electron chi connectivity index (χ4n) is 3.12. The zero-order valence-corrected chi connectivity index (χ0v) is 16.1. The third kappa shape index (κ3) is 4.64. The minimum absolute atomic E-state index is 0.00321. The molecule has 0 aliphatic rings. The molecule has 0 bridgehead atoms. The maximum absolute atomic E-state index is 13.0. The van der Waals surface area contributed by atoms with E-state index in [1.54, 1.807) is 15.3 Å². The highest BCUT2D eigenvalue weighted by Crippen LogP contribution is 2.17. The number of amides is 1. The summed E-state index contributed by atoms with van der Waals surface area (Å²) in [6.07, 6.45) is 2.14. The van der Waals surface area contributed by atoms with Crippen molar-refractivity contribution in [3.05, 3.63) is 64.7 Å². The van der Waals surface area contributed by atoms with Crippen LogP contribution in [0.5, 0.6) is 0 Å². The van der Waals surface area contributed by atoms with E-state index in [2.05, 4.69) is 10.3 Å². The van der Waals surface area contributed by atoms with Crippen molar-refractivity contribution in [1.82, 2.24) is 19.4 Å². The number of carbonyl (C=O) groups excluding carboxylic acids is 1. The van der Waals surface area contributed by atoms with Crippen molar-refractivity contribution >= 4 is 17.1 Å². The summed E-state index contributed by atoms with van der Waals surface area (Å²) in [6.45, 7) is 7.36. The molecule has 0 fully saturated rings. The molecular weight excluding hydrogens is 340 g/mol. The molecule has 3 rings (SSSR count). The molecule has 2 aromatic heterocycles. The Kier molecular flexibility index (Phi) is 5.44. The summed E-state index contributed by atoms with van der Waals surface area (Å²) in [7, 11) is 0. The highest BCUT2D eigenvalue weighted by atomic mass is 16.2. The lowest BCUT2D eigenvalue weighted by molar-refractivity contribution is -0.122. The van der Waals surface area contributed by atoms with E-state index in [9.17, 15) is 9.59 Å². The number of carbonyl (C=O) groups is 1. The van der Waals surface area contributed by atoms with Crippen molar-refractivity contribution < 1.29 is 4.79 Å². The molecule has 0 spiro atoms. The standard InChI is InChI=1S/C21H26N4O2/c1-21(2,3)14-18(26)22-12-13-24-19-17(10-7-11-23-19)25(20(24)27)15-16-8-5-4-6-9-16/h4-11H,12-15H2,1-3H3,(H,22,26). The van der Waals surface area contributed by atoms with Crippen LogP contribution < -0.4 is 11.0 Å². The first-order valence-corrected chi connectivity index (χ1v) is 9.20. The molecule has 0 unspecified atom stereocenters. The number of rotatable bonds is 6. The Morgan fingerprint density at radius 3 is 2.52 bits per heavy atom. The normalized spacial score (nSPS) is 11.7. The van der Waals surface area contributed by atoms with Crippen molar-refractivity contribution in [1.29, 1.82) is 0 Å². The highest BCUT2D eigenvalue weighted by molar-refractivity contribution is 5.76. The summed E-state index contributed by atoms with van der Waals surface area (Å²) >= 11 is 0. The van der Waals surface area contributed by atoms with Gasteiger partial charge in [-0.25, -0.2) is 9.78 Å². The van der Waals surface area contributed by atoms with Gasteiger partial charge in [-0.2, -0.15) is 0 Å². The van der Waals surface area contributed by atoms with Crippen LogP contribution in [-0.2, 0) is 17.9 Å². The smallest absolute Gasteiger partial charge is 0.330 e. The summed E-state index contributed by atoms with van der Waals surface area (Å²) in [5.41, 5.74) is 2.32. The van der Waals surface area contributed by atoms with Gasteiger partial charge in [0.15, 0.2) is 5.65 Å². The Labute approximate surface area is 158 Å². The van der Waals surface area contributed by atoms with Crippen molar-refractivity contribution in [2.24, 2.45) is 5.41 Å². The quantitative estimate of drug-likeness (QED) is 0.729. The molecular formula is C21H26N4O2. The molecule has 0 atom stereocenters. The minimum atomic E-state index is -0.113. The summed E-state index contributed by atoms with van der Waals surface area (Å²) in [5, 5.41) is 2.90. The fraction of sp³-hybridized carbons (Fsp3) is 0.381. The Morgan fingerprint density at radius 2 is 1.81 bits per heavy atom. The molecule has 0 saturated heterocycles. The first kappa shape index (κ1) is 18.9. The van der Waals surface area contributed by atoms with E-state index in [1.165, 1.54) is 0 Å². The van der Waals surface area contributed by atoms with Gasteiger partial charge in [-0.1, -0.05) is 51.1 Å². The lowest BCUT2D eigenvalue weighted by atomic mass is 9.92. The highest BCUT2D eigenvalue weighted by Gasteiger charge is 2.17. The Bertz CT molecular complexity index is 981. The van der Waals surface area contributed by atoms with Gasteiger partial charge in [0.1, 0.15) is 0 Å². The number of nitrogens with one attached hydrogen (secondary N) is 1. The Balaban J connectivity index is 1.81. The van der Waals surface area contributed by atoms with Gasteiger partial charge in [0.05, 0.1) is 12.1 Å². The topological polar surface area (TPSA) is 68.9 Å². The molecule has 27 heavy (non-hydrogen) atoms. The van der Waals surface area contributed by atoms with Gasteiger partial charge < -0.3 is 5.32 Å². The molecule has 142 valence electrons. The van der Waals surface area contributed by atoms with Crippen LogP contribution in [0.2, 0.25) is 0 Å². The van der Waals surface area contributed by atoms with Crippen LogP contribution >= 0.6 is 0 Å². The van der Waals surface area contributed by atoms with Crippen LogP contribution in [0.1, 0.15) is 32.8 Å². The van der Waals surface area contributed by atoms with Crippen molar-refractivity contribution in [3.8, 4) is 0 Å². The van der Waals surface area contributed by atoms with Crippen LogP contribution in [0.3, 0.4) is 0 Å². The second-order valence-electron chi connectivity index (χ2n) is 7.94.